The number of ether oxygens (including phenoxy) is 2. The summed E-state index contributed by atoms with van der Waals surface area (Å²) in [5, 5.41) is 10.5. The minimum atomic E-state index is -0.844. The third kappa shape index (κ3) is 4.02. The number of hydrogen-bond acceptors (Lipinski definition) is 4. The molecule has 2 aromatic rings. The molecule has 1 amide bonds. The third-order valence-corrected chi connectivity index (χ3v) is 3.53. The second kappa shape index (κ2) is 7.15. The molecule has 0 unspecified atom stereocenters. The van der Waals surface area contributed by atoms with Crippen molar-refractivity contribution >= 4 is 11.8 Å². The molecular weight excluding hydrogens is 294 g/mol. The summed E-state index contributed by atoms with van der Waals surface area (Å²) in [5.74, 6) is 0.768. The summed E-state index contributed by atoms with van der Waals surface area (Å²) in [7, 11) is 1.22. The van der Waals surface area contributed by atoms with E-state index in [1.54, 1.807) is 6.07 Å². The Bertz CT molecular complexity index is 712. The summed E-state index contributed by atoms with van der Waals surface area (Å²) in [5.41, 5.74) is 4.15. The number of hydroxylamine groups is 1. The topological polar surface area (TPSA) is 59.0 Å². The van der Waals surface area contributed by atoms with Crippen molar-refractivity contribution in [3.63, 3.8) is 0 Å². The molecule has 5 heteroatoms. The zero-order chi connectivity index (χ0) is 17.0. The minimum absolute atomic E-state index is 0.230. The van der Waals surface area contributed by atoms with Crippen molar-refractivity contribution in [2.24, 2.45) is 0 Å². The Kier molecular flexibility index (Phi) is 5.24. The van der Waals surface area contributed by atoms with Crippen LogP contribution in [0.5, 0.6) is 5.75 Å². The van der Waals surface area contributed by atoms with Gasteiger partial charge in [0.2, 0.25) is 0 Å². The molecule has 0 aliphatic heterocycles. The lowest BCUT2D eigenvalue weighted by atomic mass is 10.1. The fourth-order valence-electron chi connectivity index (χ4n) is 2.29. The van der Waals surface area contributed by atoms with Crippen LogP contribution in [0.1, 0.15) is 22.3 Å². The Hall–Kier alpha value is -2.53. The van der Waals surface area contributed by atoms with Crippen LogP contribution in [0.15, 0.2) is 36.4 Å². The highest BCUT2D eigenvalue weighted by Gasteiger charge is 2.18. The van der Waals surface area contributed by atoms with Crippen molar-refractivity contribution in [1.29, 1.82) is 0 Å². The Balaban J connectivity index is 2.24. The number of hydrogen-bond donors (Lipinski definition) is 1. The summed E-state index contributed by atoms with van der Waals surface area (Å²) >= 11 is 0. The first-order chi connectivity index (χ1) is 10.9. The number of rotatable bonds is 4. The Morgan fingerprint density at radius 1 is 1.09 bits per heavy atom. The highest BCUT2D eigenvalue weighted by molar-refractivity contribution is 5.86. The van der Waals surface area contributed by atoms with Crippen molar-refractivity contribution in [2.45, 2.75) is 27.4 Å². The molecule has 0 atom stereocenters. The van der Waals surface area contributed by atoms with Gasteiger partial charge in [0.05, 0.1) is 12.8 Å². The van der Waals surface area contributed by atoms with Gasteiger partial charge >= 0.3 is 6.09 Å². The molecule has 5 nitrogen and oxygen atoms in total. The molecule has 2 rings (SSSR count). The summed E-state index contributed by atoms with van der Waals surface area (Å²) in [6.45, 7) is 6.11. The summed E-state index contributed by atoms with van der Waals surface area (Å²) < 4.78 is 10.4. The lowest BCUT2D eigenvalue weighted by Crippen LogP contribution is -2.28. The average molecular weight is 315 g/mol. The monoisotopic (exact) mass is 315 g/mol. The average Bonchev–Trinajstić information content (AvgIpc) is 2.53. The van der Waals surface area contributed by atoms with Gasteiger partial charge in [0.25, 0.3) is 0 Å². The fourth-order valence-corrected chi connectivity index (χ4v) is 2.29. The summed E-state index contributed by atoms with van der Waals surface area (Å²) in [6, 6.07) is 11.4. The van der Waals surface area contributed by atoms with E-state index in [0.29, 0.717) is 16.3 Å². The van der Waals surface area contributed by atoms with Crippen LogP contribution in [-0.4, -0.2) is 18.4 Å². The van der Waals surface area contributed by atoms with Crippen LogP contribution in [0.4, 0.5) is 10.5 Å². The number of methoxy groups -OCH3 is 1. The molecule has 0 bridgehead atoms. The number of carbonyl (C=O) groups excluding carboxylic acids is 1. The van der Waals surface area contributed by atoms with E-state index in [4.69, 9.17) is 4.74 Å². The fraction of sp³-hybridized carbons (Fsp3) is 0.278. The SMILES string of the molecule is COC(=O)N(O)c1cc(C)ccc1COc1ccc(C)cc1C. The van der Waals surface area contributed by atoms with Crippen LogP contribution in [0.2, 0.25) is 0 Å². The normalized spacial score (nSPS) is 10.3. The molecule has 0 heterocycles. The predicted molar refractivity (Wildman–Crippen MR) is 88.1 cm³/mol. The Morgan fingerprint density at radius 2 is 1.74 bits per heavy atom. The molecule has 0 radical (unpaired) electrons. The van der Waals surface area contributed by atoms with E-state index in [0.717, 1.165) is 22.4 Å². The first kappa shape index (κ1) is 16.8. The number of amides is 1. The number of nitrogens with zero attached hydrogens (tertiary/aromatic N) is 1. The molecule has 1 N–H and O–H groups in total. The van der Waals surface area contributed by atoms with Gasteiger partial charge in [-0.3, -0.25) is 5.21 Å². The Morgan fingerprint density at radius 3 is 2.39 bits per heavy atom. The molecule has 0 aliphatic rings. The second-order valence-electron chi connectivity index (χ2n) is 5.47. The Labute approximate surface area is 136 Å². The number of aryl methyl sites for hydroxylation is 3. The van der Waals surface area contributed by atoms with Gasteiger partial charge < -0.3 is 9.47 Å². The number of carbonyl (C=O) groups is 1. The van der Waals surface area contributed by atoms with Gasteiger partial charge in [-0.15, -0.1) is 0 Å². The quantitative estimate of drug-likeness (QED) is 0.680. The molecule has 0 fully saturated rings. The van der Waals surface area contributed by atoms with Gasteiger partial charge in [0, 0.05) is 5.56 Å². The smallest absolute Gasteiger partial charge is 0.438 e. The van der Waals surface area contributed by atoms with E-state index in [1.165, 1.54) is 7.11 Å². The van der Waals surface area contributed by atoms with E-state index in [-0.39, 0.29) is 6.61 Å². The second-order valence-corrected chi connectivity index (χ2v) is 5.47. The van der Waals surface area contributed by atoms with E-state index in [9.17, 15) is 10.0 Å². The zero-order valence-corrected chi connectivity index (χ0v) is 13.8. The van der Waals surface area contributed by atoms with Crippen LogP contribution in [0.3, 0.4) is 0 Å². The van der Waals surface area contributed by atoms with Crippen molar-refractivity contribution < 1.29 is 19.5 Å². The van der Waals surface area contributed by atoms with Crippen molar-refractivity contribution in [3.8, 4) is 5.75 Å². The molecule has 0 aliphatic carbocycles. The largest absolute Gasteiger partial charge is 0.489 e. The summed E-state index contributed by atoms with van der Waals surface area (Å²) in [4.78, 5) is 11.6. The first-order valence-corrected chi connectivity index (χ1v) is 7.29. The zero-order valence-electron chi connectivity index (χ0n) is 13.8. The first-order valence-electron chi connectivity index (χ1n) is 7.29. The van der Waals surface area contributed by atoms with Crippen LogP contribution in [-0.2, 0) is 11.3 Å². The van der Waals surface area contributed by atoms with Gasteiger partial charge in [0.15, 0.2) is 0 Å². The summed E-state index contributed by atoms with van der Waals surface area (Å²) in [6.07, 6.45) is -0.844. The van der Waals surface area contributed by atoms with Gasteiger partial charge in [-0.25, -0.2) is 4.79 Å². The van der Waals surface area contributed by atoms with E-state index in [2.05, 4.69) is 4.74 Å². The van der Waals surface area contributed by atoms with E-state index < -0.39 is 6.09 Å². The van der Waals surface area contributed by atoms with Crippen LogP contribution < -0.4 is 9.80 Å². The van der Waals surface area contributed by atoms with Gasteiger partial charge in [-0.05, 0) is 44.0 Å². The lowest BCUT2D eigenvalue weighted by Gasteiger charge is -2.18. The maximum atomic E-state index is 11.6. The van der Waals surface area contributed by atoms with Crippen LogP contribution in [0.25, 0.3) is 0 Å². The molecular formula is C18H21NO4. The third-order valence-electron chi connectivity index (χ3n) is 3.53. The minimum Gasteiger partial charge on any atom is -0.489 e. The van der Waals surface area contributed by atoms with Crippen molar-refractivity contribution in [3.05, 3.63) is 58.7 Å². The number of benzene rings is 2. The van der Waals surface area contributed by atoms with E-state index in [1.807, 2.05) is 51.1 Å². The molecule has 0 aromatic heterocycles. The lowest BCUT2D eigenvalue weighted by molar-refractivity contribution is 0.140. The molecule has 23 heavy (non-hydrogen) atoms. The molecule has 122 valence electrons. The van der Waals surface area contributed by atoms with Gasteiger partial charge in [-0.2, -0.15) is 5.06 Å². The number of anilines is 1. The predicted octanol–water partition coefficient (Wildman–Crippen LogP) is 4.15. The highest BCUT2D eigenvalue weighted by atomic mass is 16.6. The van der Waals surface area contributed by atoms with Crippen molar-refractivity contribution in [1.82, 2.24) is 0 Å². The maximum Gasteiger partial charge on any atom is 0.438 e. The standard InChI is InChI=1S/C18H21NO4/c1-12-6-8-17(14(3)9-12)23-11-15-7-5-13(2)10-16(15)19(21)18(20)22-4/h5-10,21H,11H2,1-4H3. The maximum absolute atomic E-state index is 11.6. The van der Waals surface area contributed by atoms with Gasteiger partial charge in [0.1, 0.15) is 12.4 Å². The molecule has 0 saturated heterocycles. The van der Waals surface area contributed by atoms with Crippen LogP contribution in [0, 0.1) is 20.8 Å². The van der Waals surface area contributed by atoms with Crippen LogP contribution >= 0.6 is 0 Å². The highest BCUT2D eigenvalue weighted by Crippen LogP contribution is 2.25. The van der Waals surface area contributed by atoms with Crippen molar-refractivity contribution in [2.75, 3.05) is 12.2 Å². The molecule has 2 aromatic carbocycles. The van der Waals surface area contributed by atoms with Gasteiger partial charge in [-0.1, -0.05) is 29.8 Å². The molecule has 0 saturated carbocycles. The van der Waals surface area contributed by atoms with E-state index >= 15 is 0 Å². The molecule has 0 spiro atoms.